The summed E-state index contributed by atoms with van der Waals surface area (Å²) >= 11 is 12.6. The highest BCUT2D eigenvalue weighted by atomic mass is 35.5. The molecule has 0 unspecified atom stereocenters. The molecule has 1 spiro atoms. The molecule has 28 heavy (non-hydrogen) atoms. The molecule has 1 fully saturated rings. The highest BCUT2D eigenvalue weighted by molar-refractivity contribution is 6.42. The Morgan fingerprint density at radius 3 is 2.43 bits per heavy atom. The maximum absolute atomic E-state index is 6.47. The second-order valence-electron chi connectivity index (χ2n) is 8.08. The number of nitrogens with one attached hydrogen (secondary N) is 2. The van der Waals surface area contributed by atoms with Crippen LogP contribution in [0.25, 0.3) is 10.9 Å². The van der Waals surface area contributed by atoms with E-state index in [0.29, 0.717) is 10.0 Å². The highest BCUT2D eigenvalue weighted by Gasteiger charge is 2.47. The number of rotatable bonds is 2. The molecule has 146 valence electrons. The quantitative estimate of drug-likeness (QED) is 0.544. The van der Waals surface area contributed by atoms with Crippen molar-refractivity contribution < 1.29 is 4.74 Å². The lowest BCUT2D eigenvalue weighted by Crippen LogP contribution is -2.49. The Morgan fingerprint density at radius 2 is 1.71 bits per heavy atom. The van der Waals surface area contributed by atoms with Crippen LogP contribution >= 0.6 is 23.2 Å². The van der Waals surface area contributed by atoms with Gasteiger partial charge < -0.3 is 15.0 Å². The number of hydrogen-bond acceptors (Lipinski definition) is 2. The molecule has 2 aliphatic rings. The monoisotopic (exact) mass is 414 g/mol. The van der Waals surface area contributed by atoms with E-state index < -0.39 is 0 Å². The maximum atomic E-state index is 6.47. The number of aromatic nitrogens is 1. The molecule has 1 saturated carbocycles. The highest BCUT2D eigenvalue weighted by Crippen LogP contribution is 2.51. The SMILES string of the molecule is CNC1(c2ccccc2)CCC2(CC1)OCCc1c2[nH]c2cc(Cl)c(Cl)cc12. The molecular formula is C23H24Cl2N2O. The number of benzene rings is 2. The molecule has 2 N–H and O–H groups in total. The minimum Gasteiger partial charge on any atom is -0.368 e. The molecule has 1 aromatic heterocycles. The van der Waals surface area contributed by atoms with E-state index in [-0.39, 0.29) is 11.1 Å². The van der Waals surface area contributed by atoms with Gasteiger partial charge in [0.1, 0.15) is 5.60 Å². The van der Waals surface area contributed by atoms with Crippen molar-refractivity contribution in [2.24, 2.45) is 0 Å². The molecule has 2 aromatic carbocycles. The summed E-state index contributed by atoms with van der Waals surface area (Å²) in [4.78, 5) is 3.64. The summed E-state index contributed by atoms with van der Waals surface area (Å²) in [5, 5.41) is 6.00. The third-order valence-electron chi connectivity index (χ3n) is 6.85. The minimum absolute atomic E-state index is 0.00606. The lowest BCUT2D eigenvalue weighted by molar-refractivity contribution is -0.101. The first-order chi connectivity index (χ1) is 13.6. The second kappa shape index (κ2) is 6.77. The average molecular weight is 415 g/mol. The van der Waals surface area contributed by atoms with Crippen molar-refractivity contribution in [2.45, 2.75) is 43.2 Å². The smallest absolute Gasteiger partial charge is 0.108 e. The van der Waals surface area contributed by atoms with Crippen LogP contribution in [-0.2, 0) is 22.3 Å². The summed E-state index contributed by atoms with van der Waals surface area (Å²) in [6.07, 6.45) is 4.92. The molecule has 0 atom stereocenters. The van der Waals surface area contributed by atoms with Gasteiger partial charge >= 0.3 is 0 Å². The van der Waals surface area contributed by atoms with Gasteiger partial charge in [-0.15, -0.1) is 0 Å². The molecular weight excluding hydrogens is 391 g/mol. The molecule has 0 bridgehead atoms. The topological polar surface area (TPSA) is 37.0 Å². The van der Waals surface area contributed by atoms with Gasteiger partial charge in [-0.2, -0.15) is 0 Å². The fourth-order valence-electron chi connectivity index (χ4n) is 5.23. The molecule has 2 heterocycles. The number of aromatic amines is 1. The summed E-state index contributed by atoms with van der Waals surface area (Å²) in [5.74, 6) is 0. The summed E-state index contributed by atoms with van der Waals surface area (Å²) in [6, 6.07) is 14.7. The van der Waals surface area contributed by atoms with E-state index in [1.165, 1.54) is 22.2 Å². The lowest BCUT2D eigenvalue weighted by atomic mass is 9.68. The fourth-order valence-corrected chi connectivity index (χ4v) is 5.56. The average Bonchev–Trinajstić information content (AvgIpc) is 3.09. The van der Waals surface area contributed by atoms with Crippen molar-refractivity contribution in [2.75, 3.05) is 13.7 Å². The van der Waals surface area contributed by atoms with Crippen LogP contribution in [0.5, 0.6) is 0 Å². The first-order valence-corrected chi connectivity index (χ1v) is 10.7. The van der Waals surface area contributed by atoms with Gasteiger partial charge in [-0.1, -0.05) is 53.5 Å². The van der Waals surface area contributed by atoms with Gasteiger partial charge in [0, 0.05) is 16.4 Å². The molecule has 0 saturated heterocycles. The molecule has 1 aliphatic heterocycles. The Morgan fingerprint density at radius 1 is 1.00 bits per heavy atom. The largest absolute Gasteiger partial charge is 0.368 e. The zero-order chi connectivity index (χ0) is 19.4. The molecule has 0 amide bonds. The number of ether oxygens (including phenoxy) is 1. The lowest BCUT2D eigenvalue weighted by Gasteiger charge is -2.48. The van der Waals surface area contributed by atoms with E-state index in [4.69, 9.17) is 27.9 Å². The molecule has 5 rings (SSSR count). The van der Waals surface area contributed by atoms with Gasteiger partial charge in [0.25, 0.3) is 0 Å². The van der Waals surface area contributed by atoms with Gasteiger partial charge in [0.15, 0.2) is 0 Å². The first-order valence-electron chi connectivity index (χ1n) is 9.95. The molecule has 1 aliphatic carbocycles. The summed E-state index contributed by atoms with van der Waals surface area (Å²) in [6.45, 7) is 0.748. The predicted octanol–water partition coefficient (Wildman–Crippen LogP) is 5.93. The van der Waals surface area contributed by atoms with E-state index in [2.05, 4.69) is 47.7 Å². The van der Waals surface area contributed by atoms with Crippen molar-refractivity contribution >= 4 is 34.1 Å². The third kappa shape index (κ3) is 2.72. The Bertz CT molecular complexity index is 1020. The van der Waals surface area contributed by atoms with Gasteiger partial charge in [-0.3, -0.25) is 0 Å². The zero-order valence-corrected chi connectivity index (χ0v) is 17.5. The first kappa shape index (κ1) is 18.5. The second-order valence-corrected chi connectivity index (χ2v) is 8.90. The van der Waals surface area contributed by atoms with E-state index in [1.807, 2.05) is 12.1 Å². The number of fused-ring (bicyclic) bond motifs is 4. The van der Waals surface area contributed by atoms with Crippen LogP contribution in [0.2, 0.25) is 10.0 Å². The molecule has 5 heteroatoms. The summed E-state index contributed by atoms with van der Waals surface area (Å²) in [5.41, 5.74) is 4.74. The summed E-state index contributed by atoms with van der Waals surface area (Å²) in [7, 11) is 2.07. The van der Waals surface area contributed by atoms with Crippen molar-refractivity contribution in [1.29, 1.82) is 0 Å². The number of hydrogen-bond donors (Lipinski definition) is 2. The van der Waals surface area contributed by atoms with Gasteiger partial charge in [0.05, 0.1) is 22.3 Å². The van der Waals surface area contributed by atoms with E-state index >= 15 is 0 Å². The van der Waals surface area contributed by atoms with Crippen LogP contribution < -0.4 is 5.32 Å². The van der Waals surface area contributed by atoms with Crippen molar-refractivity contribution in [3.63, 3.8) is 0 Å². The van der Waals surface area contributed by atoms with E-state index in [1.54, 1.807) is 0 Å². The maximum Gasteiger partial charge on any atom is 0.108 e. The Kier molecular flexibility index (Phi) is 4.48. The zero-order valence-electron chi connectivity index (χ0n) is 15.9. The van der Waals surface area contributed by atoms with E-state index in [0.717, 1.165) is 44.2 Å². The van der Waals surface area contributed by atoms with Crippen LogP contribution in [0.4, 0.5) is 0 Å². The van der Waals surface area contributed by atoms with Gasteiger partial charge in [-0.25, -0.2) is 0 Å². The van der Waals surface area contributed by atoms with Crippen LogP contribution in [0.3, 0.4) is 0 Å². The Labute approximate surface area is 175 Å². The van der Waals surface area contributed by atoms with Crippen molar-refractivity contribution in [3.05, 3.63) is 69.3 Å². The predicted molar refractivity (Wildman–Crippen MR) is 115 cm³/mol. The number of halogens is 2. The van der Waals surface area contributed by atoms with Crippen LogP contribution in [0.1, 0.15) is 42.5 Å². The minimum atomic E-state index is -0.249. The molecule has 0 radical (unpaired) electrons. The van der Waals surface area contributed by atoms with Gasteiger partial charge in [-0.05, 0) is 62.4 Å². The van der Waals surface area contributed by atoms with Gasteiger partial charge in [0.2, 0.25) is 0 Å². The Hall–Kier alpha value is -1.52. The fraction of sp³-hybridized carbons (Fsp3) is 0.391. The third-order valence-corrected chi connectivity index (χ3v) is 7.57. The molecule has 3 aromatic rings. The normalized spacial score (nSPS) is 27.2. The standard InChI is InChI=1S/C23H24Cl2N2O/c1-26-22(15-5-3-2-4-6-15)8-10-23(11-9-22)21-16(7-12-28-23)17-13-18(24)19(25)14-20(17)27-21/h2-6,13-14,26-27H,7-12H2,1H3. The Balaban J connectivity index is 1.54. The number of H-pyrrole nitrogens is 1. The van der Waals surface area contributed by atoms with Crippen LogP contribution in [0, 0.1) is 0 Å². The van der Waals surface area contributed by atoms with E-state index in [9.17, 15) is 0 Å². The van der Waals surface area contributed by atoms with Crippen LogP contribution in [-0.4, -0.2) is 18.6 Å². The van der Waals surface area contributed by atoms with Crippen LogP contribution in [0.15, 0.2) is 42.5 Å². The van der Waals surface area contributed by atoms with Crippen molar-refractivity contribution in [1.82, 2.24) is 10.3 Å². The van der Waals surface area contributed by atoms with Crippen molar-refractivity contribution in [3.8, 4) is 0 Å². The molecule has 3 nitrogen and oxygen atoms in total. The summed E-state index contributed by atoms with van der Waals surface area (Å²) < 4.78 is 6.47.